The molecular weight excluding hydrogens is 371 g/mol. The molecule has 6 nitrogen and oxygen atoms in total. The molecule has 0 unspecified atom stereocenters. The van der Waals surface area contributed by atoms with Gasteiger partial charge in [0.25, 0.3) is 0 Å². The number of nitrogens with zero attached hydrogens (tertiary/aromatic N) is 2. The fraction of sp³-hybridized carbons (Fsp3) is 0. The van der Waals surface area contributed by atoms with Crippen molar-refractivity contribution in [2.45, 2.75) is 0 Å². The zero-order valence-electron chi connectivity index (χ0n) is 13.8. The van der Waals surface area contributed by atoms with E-state index in [-0.39, 0.29) is 18.0 Å². The second-order valence-electron chi connectivity index (χ2n) is 5.11. The third-order valence-electron chi connectivity index (χ3n) is 3.29. The number of allylic oxidation sites excluding steroid dienone is 6. The first-order valence-corrected chi connectivity index (χ1v) is 7.81. The molecule has 0 atom stereocenters. The van der Waals surface area contributed by atoms with Crippen LogP contribution in [0.25, 0.3) is 30.2 Å². The molecule has 0 radical (unpaired) electrons. The Kier molecular flexibility index (Phi) is 7.82. The van der Waals surface area contributed by atoms with Gasteiger partial charge in [0.05, 0.1) is 0 Å². The number of H-pyrrole nitrogens is 1. The average Bonchev–Trinajstić information content (AvgIpc) is 3.30. The number of hydrogen-bond acceptors (Lipinski definition) is 2. The van der Waals surface area contributed by atoms with Crippen LogP contribution in [0.15, 0.2) is 75.7 Å². The van der Waals surface area contributed by atoms with E-state index in [0.29, 0.717) is 0 Å². The van der Waals surface area contributed by atoms with E-state index in [1.54, 1.807) is 11.0 Å². The molecule has 1 aromatic heterocycles. The number of aromatic amines is 1. The molecule has 0 saturated heterocycles. The summed E-state index contributed by atoms with van der Waals surface area (Å²) in [5.41, 5.74) is 12.9. The quantitative estimate of drug-likeness (QED) is 0.508. The molecule has 3 heterocycles. The minimum atomic E-state index is 0. The zero-order chi connectivity index (χ0) is 16.9. The Balaban J connectivity index is 0.00000169. The van der Waals surface area contributed by atoms with Gasteiger partial charge in [-0.3, -0.25) is 12.7 Å². The molecule has 0 aromatic carbocycles. The standard InChI is InChI=1S/C19H14N4.Co.2H2N/c1-3-14(20)10-15-6-7-18(22-15)12-19-9-8-17(23-19)11-16-5-4-13(2)21-16;;;/h1-12,20,22H;;2*1H2/q-2;;2*-1. The topological polar surface area (TPSA) is 131 Å². The number of nitrogens with one attached hydrogen (secondary N) is 2. The third kappa shape index (κ3) is 5.33. The van der Waals surface area contributed by atoms with Crippen molar-refractivity contribution >= 4 is 28.5 Å². The van der Waals surface area contributed by atoms with Crippen LogP contribution in [-0.2, 0) is 15.3 Å². The second-order valence-corrected chi connectivity index (χ2v) is 5.41. The molecule has 0 aliphatic carbocycles. The van der Waals surface area contributed by atoms with Crippen LogP contribution in [0.1, 0.15) is 11.4 Å². The molecular formula is C19H18CoN6-4. The third-order valence-corrected chi connectivity index (χ3v) is 3.59. The number of hydrogen-bond donors (Lipinski definition) is 1. The number of aromatic nitrogens is 1. The number of rotatable bonds is 5. The Labute approximate surface area is 160 Å². The molecule has 0 bridgehead atoms. The Hall–Kier alpha value is -2.84. The van der Waals surface area contributed by atoms with Crippen molar-refractivity contribution in [2.75, 3.05) is 0 Å². The van der Waals surface area contributed by atoms with Crippen molar-refractivity contribution in [1.82, 2.24) is 4.98 Å². The van der Waals surface area contributed by atoms with Gasteiger partial charge in [-0.2, -0.15) is 0 Å². The Bertz CT molecular complexity index is 906. The van der Waals surface area contributed by atoms with Gasteiger partial charge >= 0.3 is 118 Å². The van der Waals surface area contributed by atoms with Gasteiger partial charge in [0, 0.05) is 0 Å². The minimum Gasteiger partial charge on any atom is -0.693 e. The van der Waals surface area contributed by atoms with Gasteiger partial charge in [-0.15, -0.1) is 6.08 Å². The fourth-order valence-electron chi connectivity index (χ4n) is 2.21. The SMILES string of the molecule is [CH-]=CC([NH-])=Cc1ccc(C=C2C=CC(C=C3C=CC([CH]=[Co])=N3)=N2)[nH]1.[NH2-].[NH2-]. The molecule has 3 rings (SSSR count). The molecule has 6 N–H and O–H groups in total. The van der Waals surface area contributed by atoms with Crippen molar-refractivity contribution in [3.8, 4) is 0 Å². The van der Waals surface area contributed by atoms with Crippen LogP contribution in [0.2, 0.25) is 0 Å². The molecule has 2 aliphatic heterocycles. The average molecular weight is 389 g/mol. The summed E-state index contributed by atoms with van der Waals surface area (Å²) in [4.78, 5) is 13.8. The molecule has 2 aliphatic rings. The van der Waals surface area contributed by atoms with Crippen LogP contribution in [0.5, 0.6) is 0 Å². The Morgan fingerprint density at radius 1 is 0.962 bits per heavy atom. The molecule has 137 valence electrons. The maximum absolute atomic E-state index is 7.54. The molecule has 26 heavy (non-hydrogen) atoms. The molecule has 7 heteroatoms. The summed E-state index contributed by atoms with van der Waals surface area (Å²) in [5.74, 6) is 0. The van der Waals surface area contributed by atoms with Crippen LogP contribution in [-0.4, -0.2) is 21.4 Å². The van der Waals surface area contributed by atoms with Gasteiger partial charge in [0.2, 0.25) is 0 Å². The molecule has 0 amide bonds. The molecule has 0 saturated carbocycles. The summed E-state index contributed by atoms with van der Waals surface area (Å²) < 4.78 is 0. The van der Waals surface area contributed by atoms with Crippen LogP contribution in [0.3, 0.4) is 0 Å². The van der Waals surface area contributed by atoms with Gasteiger partial charge in [0.15, 0.2) is 0 Å². The van der Waals surface area contributed by atoms with E-state index in [1.165, 1.54) is 6.08 Å². The molecule has 1 aromatic rings. The summed E-state index contributed by atoms with van der Waals surface area (Å²) in [5, 5.41) is 0. The summed E-state index contributed by atoms with van der Waals surface area (Å²) in [6.07, 6.45) is 14.5. The van der Waals surface area contributed by atoms with Gasteiger partial charge in [-0.1, -0.05) is 0 Å². The number of aliphatic imine (C=N–C) groups is 2. The van der Waals surface area contributed by atoms with Crippen LogP contribution >= 0.6 is 0 Å². The minimum absolute atomic E-state index is 0. The molecule has 0 spiro atoms. The van der Waals surface area contributed by atoms with Crippen LogP contribution in [0, 0.1) is 6.58 Å². The van der Waals surface area contributed by atoms with E-state index < -0.39 is 0 Å². The monoisotopic (exact) mass is 389 g/mol. The second kappa shape index (κ2) is 9.59. The first kappa shape index (κ1) is 21.2. The summed E-state index contributed by atoms with van der Waals surface area (Å²) in [7, 11) is 0. The molecule has 0 fully saturated rings. The maximum Gasteiger partial charge on any atom is -0.693 e. The van der Waals surface area contributed by atoms with E-state index in [4.69, 9.17) is 12.3 Å². The Morgan fingerprint density at radius 3 is 2.23 bits per heavy atom. The first-order valence-electron chi connectivity index (χ1n) is 7.21. The van der Waals surface area contributed by atoms with E-state index in [2.05, 4.69) is 30.3 Å². The van der Waals surface area contributed by atoms with Gasteiger partial charge in [-0.25, -0.2) is 0 Å². The maximum atomic E-state index is 7.54. The Morgan fingerprint density at radius 2 is 1.58 bits per heavy atom. The normalized spacial score (nSPS) is 18.4. The van der Waals surface area contributed by atoms with Crippen molar-refractivity contribution in [3.63, 3.8) is 0 Å². The largest absolute Gasteiger partial charge is 0.693 e. The van der Waals surface area contributed by atoms with E-state index in [1.807, 2.05) is 48.6 Å². The predicted octanol–water partition coefficient (Wildman–Crippen LogP) is 5.43. The van der Waals surface area contributed by atoms with E-state index in [9.17, 15) is 0 Å². The van der Waals surface area contributed by atoms with Crippen LogP contribution < -0.4 is 0 Å². The van der Waals surface area contributed by atoms with Crippen molar-refractivity contribution in [2.24, 2.45) is 9.98 Å². The van der Waals surface area contributed by atoms with Gasteiger partial charge in [0.1, 0.15) is 0 Å². The fourth-order valence-corrected chi connectivity index (χ4v) is 2.38. The number of nitrogens with two attached hydrogens (primary N) is 2. The van der Waals surface area contributed by atoms with Crippen molar-refractivity contribution in [1.29, 1.82) is 0 Å². The first-order chi connectivity index (χ1) is 11.7. The van der Waals surface area contributed by atoms with Crippen molar-refractivity contribution < 1.29 is 15.3 Å². The zero-order valence-corrected chi connectivity index (χ0v) is 14.9. The predicted molar refractivity (Wildman–Crippen MR) is 108 cm³/mol. The van der Waals surface area contributed by atoms with Crippen molar-refractivity contribution in [3.05, 3.63) is 102 Å². The van der Waals surface area contributed by atoms with Gasteiger partial charge in [-0.05, 0) is 0 Å². The summed E-state index contributed by atoms with van der Waals surface area (Å²) >= 11 is 4.14. The van der Waals surface area contributed by atoms with E-state index >= 15 is 0 Å². The summed E-state index contributed by atoms with van der Waals surface area (Å²) in [6.45, 7) is 5.30. The summed E-state index contributed by atoms with van der Waals surface area (Å²) in [6, 6.07) is 3.82. The van der Waals surface area contributed by atoms with Crippen LogP contribution in [0.4, 0.5) is 0 Å². The van der Waals surface area contributed by atoms with E-state index in [0.717, 1.165) is 34.2 Å². The smallest absolute Gasteiger partial charge is 0.693 e. The van der Waals surface area contributed by atoms with Gasteiger partial charge < -0.3 is 23.7 Å².